The summed E-state index contributed by atoms with van der Waals surface area (Å²) in [4.78, 5) is 30.1. The SMILES string of the molecule is CCCc1cn(Cc2c(-c3ccc(N4C[C@H](CC(=O)OC)CC(F)(F)C4)c(C)n3)nnn2C)ccc1=O. The summed E-state index contributed by atoms with van der Waals surface area (Å²) in [6.45, 7) is 4.12. The molecule has 0 amide bonds. The van der Waals surface area contributed by atoms with E-state index in [1.165, 1.54) is 7.11 Å². The Labute approximate surface area is 214 Å². The number of alkyl halides is 2. The molecule has 11 heteroatoms. The number of nitrogens with zero attached hydrogens (tertiary/aromatic N) is 6. The van der Waals surface area contributed by atoms with Gasteiger partial charge < -0.3 is 14.2 Å². The predicted molar refractivity (Wildman–Crippen MR) is 135 cm³/mol. The highest BCUT2D eigenvalue weighted by Gasteiger charge is 2.41. The summed E-state index contributed by atoms with van der Waals surface area (Å²) >= 11 is 0. The zero-order valence-electron chi connectivity index (χ0n) is 21.6. The Balaban J connectivity index is 1.60. The second-order valence-corrected chi connectivity index (χ2v) is 9.65. The molecule has 0 N–H and O–H groups in total. The molecule has 1 atom stereocenters. The first-order chi connectivity index (χ1) is 17.6. The molecule has 4 heterocycles. The molecular formula is C26H32F2N6O3. The van der Waals surface area contributed by atoms with Crippen molar-refractivity contribution in [1.82, 2.24) is 24.5 Å². The lowest BCUT2D eigenvalue weighted by atomic mass is 9.91. The van der Waals surface area contributed by atoms with E-state index in [4.69, 9.17) is 4.98 Å². The maximum Gasteiger partial charge on any atom is 0.305 e. The van der Waals surface area contributed by atoms with Gasteiger partial charge in [-0.2, -0.15) is 0 Å². The zero-order chi connectivity index (χ0) is 26.7. The Hall–Kier alpha value is -3.63. The van der Waals surface area contributed by atoms with Crippen molar-refractivity contribution < 1.29 is 18.3 Å². The molecule has 0 aliphatic carbocycles. The first kappa shape index (κ1) is 26.4. The second-order valence-electron chi connectivity index (χ2n) is 9.65. The number of aryl methyl sites for hydroxylation is 3. The Morgan fingerprint density at radius 3 is 2.76 bits per heavy atom. The maximum absolute atomic E-state index is 14.5. The van der Waals surface area contributed by atoms with Crippen LogP contribution in [0.5, 0.6) is 0 Å². The van der Waals surface area contributed by atoms with E-state index in [1.807, 2.05) is 17.7 Å². The van der Waals surface area contributed by atoms with Crippen LogP contribution in [0, 0.1) is 12.8 Å². The molecule has 1 fully saturated rings. The second kappa shape index (κ2) is 10.8. The van der Waals surface area contributed by atoms with Gasteiger partial charge in [-0.15, -0.1) is 5.10 Å². The van der Waals surface area contributed by atoms with Crippen molar-refractivity contribution in [1.29, 1.82) is 0 Å². The number of halogens is 2. The average molecular weight is 515 g/mol. The van der Waals surface area contributed by atoms with Crippen LogP contribution < -0.4 is 10.3 Å². The summed E-state index contributed by atoms with van der Waals surface area (Å²) in [6, 6.07) is 5.09. The maximum atomic E-state index is 14.5. The van der Waals surface area contributed by atoms with Crippen LogP contribution >= 0.6 is 0 Å². The highest BCUT2D eigenvalue weighted by atomic mass is 19.3. The third-order valence-corrected chi connectivity index (χ3v) is 6.66. The monoisotopic (exact) mass is 514 g/mol. The standard InChI is InChI=1S/C26H32F2N6O3/c1-5-6-19-14-33(10-9-23(19)35)15-22-25(30-31-32(22)3)20-7-8-21(17(2)29-20)34-13-18(11-24(36)37-4)12-26(27,28)16-34/h7-10,14,18H,5-6,11-13,15-16H2,1-4H3/t18-/m1/s1. The molecule has 9 nitrogen and oxygen atoms in total. The van der Waals surface area contributed by atoms with Crippen molar-refractivity contribution in [2.24, 2.45) is 13.0 Å². The third-order valence-electron chi connectivity index (χ3n) is 6.66. The van der Waals surface area contributed by atoms with E-state index in [0.29, 0.717) is 42.3 Å². The van der Waals surface area contributed by atoms with Crippen LogP contribution in [-0.4, -0.2) is 56.6 Å². The molecule has 0 spiro atoms. The highest BCUT2D eigenvalue weighted by molar-refractivity contribution is 5.69. The highest BCUT2D eigenvalue weighted by Crippen LogP contribution is 2.36. The van der Waals surface area contributed by atoms with Crippen LogP contribution in [0.15, 0.2) is 35.4 Å². The largest absolute Gasteiger partial charge is 0.469 e. The predicted octanol–water partition coefficient (Wildman–Crippen LogP) is 3.37. The molecule has 3 aromatic rings. The van der Waals surface area contributed by atoms with E-state index >= 15 is 0 Å². The third kappa shape index (κ3) is 6.03. The van der Waals surface area contributed by atoms with Gasteiger partial charge in [0.25, 0.3) is 5.92 Å². The molecule has 1 aliphatic heterocycles. The van der Waals surface area contributed by atoms with Gasteiger partial charge in [-0.05, 0) is 31.4 Å². The van der Waals surface area contributed by atoms with Crippen molar-refractivity contribution in [2.45, 2.75) is 52.0 Å². The van der Waals surface area contributed by atoms with E-state index in [-0.39, 0.29) is 18.3 Å². The average Bonchev–Trinajstić information content (AvgIpc) is 3.20. The first-order valence-electron chi connectivity index (χ1n) is 12.3. The summed E-state index contributed by atoms with van der Waals surface area (Å²) in [5.41, 5.74) is 3.91. The topological polar surface area (TPSA) is 95.1 Å². The first-order valence-corrected chi connectivity index (χ1v) is 12.3. The smallest absolute Gasteiger partial charge is 0.305 e. The molecule has 0 unspecified atom stereocenters. The number of pyridine rings is 2. The zero-order valence-corrected chi connectivity index (χ0v) is 21.6. The Morgan fingerprint density at radius 1 is 1.27 bits per heavy atom. The fraction of sp³-hybridized carbons (Fsp3) is 0.500. The number of anilines is 1. The van der Waals surface area contributed by atoms with Gasteiger partial charge in [-0.25, -0.2) is 18.4 Å². The van der Waals surface area contributed by atoms with E-state index in [1.54, 1.807) is 47.9 Å². The normalized spacial score (nSPS) is 17.1. The van der Waals surface area contributed by atoms with Gasteiger partial charge in [-0.3, -0.25) is 9.59 Å². The summed E-state index contributed by atoms with van der Waals surface area (Å²) in [5.74, 6) is -3.93. The fourth-order valence-electron chi connectivity index (χ4n) is 4.92. The molecule has 4 rings (SSSR count). The van der Waals surface area contributed by atoms with Crippen molar-refractivity contribution in [3.05, 3.63) is 57.8 Å². The number of esters is 1. The molecule has 0 saturated carbocycles. The van der Waals surface area contributed by atoms with Crippen LogP contribution in [0.2, 0.25) is 0 Å². The minimum absolute atomic E-state index is 0.0199. The van der Waals surface area contributed by atoms with E-state index in [0.717, 1.165) is 17.7 Å². The van der Waals surface area contributed by atoms with Crippen LogP contribution in [0.1, 0.15) is 43.1 Å². The summed E-state index contributed by atoms with van der Waals surface area (Å²) < 4.78 is 37.3. The number of hydrogen-bond acceptors (Lipinski definition) is 7. The lowest BCUT2D eigenvalue weighted by Gasteiger charge is -2.39. The molecule has 0 bridgehead atoms. The molecule has 1 saturated heterocycles. The van der Waals surface area contributed by atoms with Crippen molar-refractivity contribution >= 4 is 11.7 Å². The Kier molecular flexibility index (Phi) is 7.70. The molecule has 0 radical (unpaired) electrons. The fourth-order valence-corrected chi connectivity index (χ4v) is 4.92. The van der Waals surface area contributed by atoms with E-state index in [2.05, 4.69) is 15.0 Å². The quantitative estimate of drug-likeness (QED) is 0.426. The molecule has 37 heavy (non-hydrogen) atoms. The van der Waals surface area contributed by atoms with E-state index in [9.17, 15) is 18.4 Å². The van der Waals surface area contributed by atoms with Crippen LogP contribution in [0.4, 0.5) is 14.5 Å². The minimum Gasteiger partial charge on any atom is -0.469 e. The molecule has 3 aromatic heterocycles. The van der Waals surface area contributed by atoms with Gasteiger partial charge in [0, 0.05) is 44.0 Å². The Bertz CT molecular complexity index is 1340. The minimum atomic E-state index is -2.92. The summed E-state index contributed by atoms with van der Waals surface area (Å²) in [6.07, 6.45) is 4.76. The van der Waals surface area contributed by atoms with Crippen molar-refractivity contribution in [3.8, 4) is 11.4 Å². The summed E-state index contributed by atoms with van der Waals surface area (Å²) in [5, 5.41) is 8.48. The lowest BCUT2D eigenvalue weighted by Crippen LogP contribution is -2.48. The van der Waals surface area contributed by atoms with Gasteiger partial charge in [0.05, 0.1) is 49.4 Å². The van der Waals surface area contributed by atoms with Gasteiger partial charge in [0.15, 0.2) is 5.43 Å². The van der Waals surface area contributed by atoms with Crippen molar-refractivity contribution in [3.63, 3.8) is 0 Å². The molecule has 1 aliphatic rings. The summed E-state index contributed by atoms with van der Waals surface area (Å²) in [7, 11) is 3.05. The number of methoxy groups -OCH3 is 1. The lowest BCUT2D eigenvalue weighted by molar-refractivity contribution is -0.142. The van der Waals surface area contributed by atoms with Crippen molar-refractivity contribution in [2.75, 3.05) is 25.1 Å². The Morgan fingerprint density at radius 2 is 2.05 bits per heavy atom. The van der Waals surface area contributed by atoms with Gasteiger partial charge in [0.1, 0.15) is 5.69 Å². The number of piperidine rings is 1. The van der Waals surface area contributed by atoms with Gasteiger partial charge in [0.2, 0.25) is 0 Å². The van der Waals surface area contributed by atoms with E-state index < -0.39 is 24.4 Å². The molecular weight excluding hydrogens is 482 g/mol. The number of ether oxygens (including phenoxy) is 1. The van der Waals surface area contributed by atoms with Crippen LogP contribution in [-0.2, 0) is 29.5 Å². The number of aromatic nitrogens is 5. The number of carbonyl (C=O) groups is 1. The number of hydrogen-bond donors (Lipinski definition) is 0. The number of rotatable bonds is 8. The number of carbonyl (C=O) groups excluding carboxylic acids is 1. The van der Waals surface area contributed by atoms with Crippen LogP contribution in [0.3, 0.4) is 0 Å². The van der Waals surface area contributed by atoms with Gasteiger partial charge >= 0.3 is 5.97 Å². The molecule has 0 aromatic carbocycles. The van der Waals surface area contributed by atoms with Crippen LogP contribution in [0.25, 0.3) is 11.4 Å². The molecule has 198 valence electrons. The van der Waals surface area contributed by atoms with Gasteiger partial charge in [-0.1, -0.05) is 18.6 Å².